The van der Waals surface area contributed by atoms with Gasteiger partial charge in [0.05, 0.1) is 19.2 Å². The van der Waals surface area contributed by atoms with Gasteiger partial charge in [0.2, 0.25) is 0 Å². The summed E-state index contributed by atoms with van der Waals surface area (Å²) in [6.07, 6.45) is -0.415. The van der Waals surface area contributed by atoms with E-state index < -0.39 is 12.2 Å². The zero-order valence-electron chi connectivity index (χ0n) is 5.38. The Labute approximate surface area is 54.9 Å². The average Bonchev–Trinajstić information content (AvgIpc) is 1.80. The molecule has 1 aliphatic rings. The zero-order valence-corrected chi connectivity index (χ0v) is 5.38. The van der Waals surface area contributed by atoms with E-state index in [1.807, 2.05) is 0 Å². The van der Waals surface area contributed by atoms with Gasteiger partial charge >= 0.3 is 0 Å². The molecule has 0 amide bonds. The Morgan fingerprint density at radius 1 is 1.33 bits per heavy atom. The molecule has 3 N–H and O–H groups in total. The molecule has 1 unspecified atom stereocenters. The molecule has 0 aromatic rings. The Bertz CT molecular complexity index is 97.1. The van der Waals surface area contributed by atoms with E-state index in [4.69, 9.17) is 10.2 Å². The van der Waals surface area contributed by atoms with Crippen LogP contribution in [-0.2, 0) is 0 Å². The molecule has 0 radical (unpaired) electrons. The van der Waals surface area contributed by atoms with Crippen LogP contribution >= 0.6 is 0 Å². The van der Waals surface area contributed by atoms with E-state index in [-0.39, 0.29) is 0 Å². The first-order valence-electron chi connectivity index (χ1n) is 3.23. The van der Waals surface area contributed by atoms with Gasteiger partial charge in [-0.05, 0) is 0 Å². The normalized spacial score (nSPS) is 45.0. The van der Waals surface area contributed by atoms with Crippen molar-refractivity contribution in [2.24, 2.45) is 0 Å². The van der Waals surface area contributed by atoms with Gasteiger partial charge in [-0.15, -0.1) is 0 Å². The number of hydrogen-bond donors (Lipinski definition) is 3. The molecule has 0 saturated carbocycles. The SMILES string of the molecule is [CH2-][NH+]1CC[C@@H](O)[C@@H](O)C1. The highest BCUT2D eigenvalue weighted by Gasteiger charge is 2.23. The van der Waals surface area contributed by atoms with Gasteiger partial charge in [-0.1, -0.05) is 0 Å². The largest absolute Gasteiger partial charge is 0.466 e. The first kappa shape index (κ1) is 6.99. The Morgan fingerprint density at radius 2 is 2.00 bits per heavy atom. The first-order valence-corrected chi connectivity index (χ1v) is 3.23. The molecule has 1 saturated heterocycles. The molecule has 0 spiro atoms. The third kappa shape index (κ3) is 1.64. The molecule has 1 fully saturated rings. The van der Waals surface area contributed by atoms with Crippen molar-refractivity contribution in [1.82, 2.24) is 0 Å². The maximum atomic E-state index is 9.04. The van der Waals surface area contributed by atoms with E-state index >= 15 is 0 Å². The van der Waals surface area contributed by atoms with Crippen molar-refractivity contribution < 1.29 is 15.1 Å². The van der Waals surface area contributed by atoms with Crippen LogP contribution in [0.25, 0.3) is 0 Å². The van der Waals surface area contributed by atoms with Crippen LogP contribution in [0, 0.1) is 7.05 Å². The lowest BCUT2D eigenvalue weighted by Crippen LogP contribution is -3.10. The van der Waals surface area contributed by atoms with Crippen LogP contribution in [0.15, 0.2) is 0 Å². The summed E-state index contributed by atoms with van der Waals surface area (Å²) in [4.78, 5) is 1.05. The fourth-order valence-electron chi connectivity index (χ4n) is 1.08. The van der Waals surface area contributed by atoms with Gasteiger partial charge in [-0.25, -0.2) is 0 Å². The van der Waals surface area contributed by atoms with E-state index in [1.165, 1.54) is 0 Å². The Kier molecular flexibility index (Phi) is 2.05. The molecule has 0 aliphatic carbocycles. The predicted molar refractivity (Wildman–Crippen MR) is 32.7 cm³/mol. The minimum atomic E-state index is -0.564. The first-order chi connectivity index (χ1) is 4.20. The standard InChI is InChI=1S/C6H13NO2/c1-7-3-2-5(8)6(9)4-7/h5-9H,1-4H2/t5-,6+/m1/s1. The van der Waals surface area contributed by atoms with Crippen molar-refractivity contribution in [3.05, 3.63) is 7.05 Å². The minimum absolute atomic E-state index is 0.518. The monoisotopic (exact) mass is 131 g/mol. The molecule has 0 aromatic carbocycles. The highest BCUT2D eigenvalue weighted by molar-refractivity contribution is 4.68. The number of aliphatic hydroxyl groups is 2. The van der Waals surface area contributed by atoms with E-state index in [1.54, 1.807) is 0 Å². The Hall–Kier alpha value is -0.120. The Balaban J connectivity index is 2.35. The lowest BCUT2D eigenvalue weighted by Gasteiger charge is -2.32. The topological polar surface area (TPSA) is 44.9 Å². The summed E-state index contributed by atoms with van der Waals surface area (Å²) in [5.74, 6) is 0. The van der Waals surface area contributed by atoms with Crippen LogP contribution in [0.3, 0.4) is 0 Å². The average molecular weight is 131 g/mol. The number of piperidine rings is 1. The molecule has 9 heavy (non-hydrogen) atoms. The van der Waals surface area contributed by atoms with E-state index in [0.29, 0.717) is 13.0 Å². The third-order valence-electron chi connectivity index (χ3n) is 1.74. The minimum Gasteiger partial charge on any atom is -0.466 e. The van der Waals surface area contributed by atoms with E-state index in [0.717, 1.165) is 11.4 Å². The number of nitrogens with one attached hydrogen (secondary N) is 1. The van der Waals surface area contributed by atoms with Crippen LogP contribution < -0.4 is 4.90 Å². The van der Waals surface area contributed by atoms with Gasteiger partial charge in [0.1, 0.15) is 6.10 Å². The van der Waals surface area contributed by atoms with Crippen molar-refractivity contribution in [2.75, 3.05) is 13.1 Å². The summed E-state index contributed by atoms with van der Waals surface area (Å²) >= 11 is 0. The van der Waals surface area contributed by atoms with Gasteiger partial charge in [-0.3, -0.25) is 0 Å². The summed E-state index contributed by atoms with van der Waals surface area (Å²) in [5.41, 5.74) is 0. The third-order valence-corrected chi connectivity index (χ3v) is 1.74. The van der Waals surface area contributed by atoms with Gasteiger partial charge in [0.15, 0.2) is 0 Å². The number of rotatable bonds is 0. The molecule has 0 aromatic heterocycles. The molecule has 3 atom stereocenters. The second-order valence-corrected chi connectivity index (χ2v) is 2.63. The van der Waals surface area contributed by atoms with Crippen molar-refractivity contribution in [3.63, 3.8) is 0 Å². The van der Waals surface area contributed by atoms with Crippen LogP contribution in [0.4, 0.5) is 0 Å². The van der Waals surface area contributed by atoms with Crippen LogP contribution in [-0.4, -0.2) is 35.5 Å². The molecule has 54 valence electrons. The maximum Gasteiger partial charge on any atom is 0.127 e. The number of aliphatic hydroxyl groups excluding tert-OH is 2. The Morgan fingerprint density at radius 3 is 2.44 bits per heavy atom. The molecule has 0 bridgehead atoms. The quantitative estimate of drug-likeness (QED) is 0.326. The number of hydrogen-bond acceptors (Lipinski definition) is 2. The van der Waals surface area contributed by atoms with Crippen LogP contribution in [0.5, 0.6) is 0 Å². The van der Waals surface area contributed by atoms with Gasteiger partial charge in [-0.2, -0.15) is 7.05 Å². The molecule has 1 heterocycles. The highest BCUT2D eigenvalue weighted by atomic mass is 16.3. The fraction of sp³-hybridized carbons (Fsp3) is 0.833. The fourth-order valence-corrected chi connectivity index (χ4v) is 1.08. The van der Waals surface area contributed by atoms with Gasteiger partial charge in [0.25, 0.3) is 0 Å². The molecular weight excluding hydrogens is 118 g/mol. The molecule has 1 rings (SSSR count). The molecule has 1 aliphatic heterocycles. The van der Waals surface area contributed by atoms with E-state index in [9.17, 15) is 0 Å². The zero-order chi connectivity index (χ0) is 6.85. The van der Waals surface area contributed by atoms with Crippen molar-refractivity contribution in [3.8, 4) is 0 Å². The predicted octanol–water partition coefficient (Wildman–Crippen LogP) is -2.21. The van der Waals surface area contributed by atoms with Crippen molar-refractivity contribution in [1.29, 1.82) is 0 Å². The summed E-state index contributed by atoms with van der Waals surface area (Å²) in [7, 11) is 3.73. The molecular formula is C6H13NO2. The van der Waals surface area contributed by atoms with Gasteiger partial charge in [0, 0.05) is 6.42 Å². The number of quaternary nitrogens is 1. The smallest absolute Gasteiger partial charge is 0.127 e. The number of likely N-dealkylation sites (tertiary alicyclic amines) is 1. The second-order valence-electron chi connectivity index (χ2n) is 2.63. The molecule has 3 nitrogen and oxygen atoms in total. The summed E-state index contributed by atoms with van der Waals surface area (Å²) in [5, 5.41) is 18.0. The van der Waals surface area contributed by atoms with Crippen LogP contribution in [0.1, 0.15) is 6.42 Å². The van der Waals surface area contributed by atoms with E-state index in [2.05, 4.69) is 7.05 Å². The maximum absolute atomic E-state index is 9.04. The van der Waals surface area contributed by atoms with Crippen molar-refractivity contribution >= 4 is 0 Å². The lowest BCUT2D eigenvalue weighted by molar-refractivity contribution is -0.864. The highest BCUT2D eigenvalue weighted by Crippen LogP contribution is 1.98. The lowest BCUT2D eigenvalue weighted by atomic mass is 10.1. The second kappa shape index (κ2) is 2.64. The molecule has 3 heteroatoms. The van der Waals surface area contributed by atoms with Crippen molar-refractivity contribution in [2.45, 2.75) is 18.6 Å². The van der Waals surface area contributed by atoms with Crippen LogP contribution in [0.2, 0.25) is 0 Å². The summed E-state index contributed by atoms with van der Waals surface area (Å²) in [6, 6.07) is 0. The summed E-state index contributed by atoms with van der Waals surface area (Å²) < 4.78 is 0. The van der Waals surface area contributed by atoms with Gasteiger partial charge < -0.3 is 15.1 Å². The summed E-state index contributed by atoms with van der Waals surface area (Å²) in [6.45, 7) is 1.43.